The Hall–Kier alpha value is -0.740. The smallest absolute Gasteiger partial charge is 0.127 e. The van der Waals surface area contributed by atoms with Gasteiger partial charge in [-0.25, -0.2) is 0 Å². The third-order valence-electron chi connectivity index (χ3n) is 2.97. The Bertz CT molecular complexity index is 233. The van der Waals surface area contributed by atoms with Crippen molar-refractivity contribution in [2.75, 3.05) is 33.9 Å². The van der Waals surface area contributed by atoms with Gasteiger partial charge in [0.15, 0.2) is 0 Å². The molecule has 1 heterocycles. The Balaban J connectivity index is 2.41. The van der Waals surface area contributed by atoms with E-state index in [2.05, 4.69) is 43.1 Å². The molecule has 4 heteroatoms. The molecule has 0 bridgehead atoms. The van der Waals surface area contributed by atoms with E-state index in [1.807, 2.05) is 0 Å². The van der Waals surface area contributed by atoms with E-state index < -0.39 is 0 Å². The molecule has 1 rings (SSSR count). The second kappa shape index (κ2) is 7.56. The molecule has 1 radical (unpaired) electrons. The third-order valence-corrected chi connectivity index (χ3v) is 2.97. The first kappa shape index (κ1) is 14.3. The Morgan fingerprint density at radius 1 is 1.35 bits per heavy atom. The quantitative estimate of drug-likeness (QED) is 0.604. The number of hydrogen-bond acceptors (Lipinski definition) is 4. The van der Waals surface area contributed by atoms with E-state index in [4.69, 9.17) is 9.47 Å². The van der Waals surface area contributed by atoms with E-state index in [9.17, 15) is 0 Å². The van der Waals surface area contributed by atoms with Crippen LogP contribution in [0.1, 0.15) is 19.8 Å². The lowest BCUT2D eigenvalue weighted by atomic mass is 10.2. The fourth-order valence-electron chi connectivity index (χ4n) is 1.99. The number of unbranched alkanes of at least 4 members (excludes halogenated alkanes) is 1. The van der Waals surface area contributed by atoms with Gasteiger partial charge in [0.05, 0.1) is 19.3 Å². The lowest BCUT2D eigenvalue weighted by Gasteiger charge is -2.34. The highest BCUT2D eigenvalue weighted by Gasteiger charge is 2.29. The van der Waals surface area contributed by atoms with Crippen molar-refractivity contribution in [3.63, 3.8) is 0 Å². The molecule has 99 valence electrons. The van der Waals surface area contributed by atoms with Gasteiger partial charge in [-0.3, -0.25) is 0 Å². The van der Waals surface area contributed by atoms with E-state index in [0.717, 1.165) is 6.54 Å². The van der Waals surface area contributed by atoms with Crippen LogP contribution in [0.5, 0.6) is 0 Å². The number of methoxy groups -OCH3 is 1. The largest absolute Gasteiger partial charge is 0.382 e. The van der Waals surface area contributed by atoms with Crippen molar-refractivity contribution in [1.82, 2.24) is 9.80 Å². The van der Waals surface area contributed by atoms with Crippen molar-refractivity contribution in [1.29, 1.82) is 0 Å². The van der Waals surface area contributed by atoms with Crippen LogP contribution >= 0.6 is 0 Å². The molecule has 17 heavy (non-hydrogen) atoms. The summed E-state index contributed by atoms with van der Waals surface area (Å²) < 4.78 is 10.7. The first-order valence-electron chi connectivity index (χ1n) is 6.30. The van der Waals surface area contributed by atoms with E-state index in [1.165, 1.54) is 12.8 Å². The highest BCUT2D eigenvalue weighted by atomic mass is 16.5. The van der Waals surface area contributed by atoms with Gasteiger partial charge in [0.1, 0.15) is 6.17 Å². The zero-order valence-electron chi connectivity index (χ0n) is 11.3. The Labute approximate surface area is 105 Å². The average molecular weight is 241 g/mol. The van der Waals surface area contributed by atoms with Gasteiger partial charge < -0.3 is 19.3 Å². The van der Waals surface area contributed by atoms with Crippen LogP contribution in [0.15, 0.2) is 12.4 Å². The molecule has 0 amide bonds. The molecule has 0 N–H and O–H groups in total. The van der Waals surface area contributed by atoms with E-state index in [0.29, 0.717) is 13.2 Å². The molecular formula is C13H25N2O2. The molecule has 2 atom stereocenters. The minimum atomic E-state index is -0.0676. The first-order chi connectivity index (χ1) is 8.20. The fraction of sp³-hybridized carbons (Fsp3) is 0.769. The highest BCUT2D eigenvalue weighted by Crippen LogP contribution is 2.19. The van der Waals surface area contributed by atoms with Crippen molar-refractivity contribution in [3.05, 3.63) is 19.3 Å². The monoisotopic (exact) mass is 241 g/mol. The molecule has 4 nitrogen and oxygen atoms in total. The standard InChI is InChI=1S/C13H25N2O2/c1-5-6-7-15-9-8-14(3)13(15)12(2)17-11-10-16-4/h8-9,12-13H,2,5-7,10-11H2,1,3-4H3. The highest BCUT2D eigenvalue weighted by molar-refractivity contribution is 4.99. The van der Waals surface area contributed by atoms with Crippen molar-refractivity contribution >= 4 is 0 Å². The summed E-state index contributed by atoms with van der Waals surface area (Å²) in [6, 6.07) is 0. The summed E-state index contributed by atoms with van der Waals surface area (Å²) in [6.45, 7) is 8.57. The zero-order valence-corrected chi connectivity index (χ0v) is 11.3. The number of likely N-dealkylation sites (N-methyl/N-ethyl adjacent to an activating group) is 1. The maximum absolute atomic E-state index is 5.69. The van der Waals surface area contributed by atoms with Gasteiger partial charge in [0, 0.05) is 33.1 Å². The Morgan fingerprint density at radius 2 is 2.12 bits per heavy atom. The van der Waals surface area contributed by atoms with Crippen LogP contribution in [0.4, 0.5) is 0 Å². The molecule has 0 saturated heterocycles. The molecule has 0 spiro atoms. The van der Waals surface area contributed by atoms with Gasteiger partial charge in [0.25, 0.3) is 0 Å². The maximum atomic E-state index is 5.69. The number of nitrogens with zero attached hydrogens (tertiary/aromatic N) is 2. The lowest BCUT2D eigenvalue weighted by Crippen LogP contribution is -2.46. The van der Waals surface area contributed by atoms with Crippen LogP contribution < -0.4 is 0 Å². The molecule has 0 aliphatic carbocycles. The zero-order chi connectivity index (χ0) is 12.7. The van der Waals surface area contributed by atoms with Gasteiger partial charge >= 0.3 is 0 Å². The molecule has 0 aromatic heterocycles. The van der Waals surface area contributed by atoms with Crippen LogP contribution in [-0.4, -0.2) is 56.0 Å². The molecule has 0 aromatic carbocycles. The van der Waals surface area contributed by atoms with Gasteiger partial charge in [-0.05, 0) is 13.3 Å². The van der Waals surface area contributed by atoms with Crippen LogP contribution in [0.3, 0.4) is 0 Å². The van der Waals surface area contributed by atoms with Crippen molar-refractivity contribution < 1.29 is 9.47 Å². The lowest BCUT2D eigenvalue weighted by molar-refractivity contribution is -0.0271. The van der Waals surface area contributed by atoms with Crippen LogP contribution in [0, 0.1) is 6.92 Å². The minimum Gasteiger partial charge on any atom is -0.382 e. The van der Waals surface area contributed by atoms with E-state index in [1.54, 1.807) is 7.11 Å². The van der Waals surface area contributed by atoms with Crippen LogP contribution in [0.25, 0.3) is 0 Å². The van der Waals surface area contributed by atoms with Gasteiger partial charge in [-0.15, -0.1) is 0 Å². The number of rotatable bonds is 8. The van der Waals surface area contributed by atoms with Gasteiger partial charge in [0.2, 0.25) is 0 Å². The normalized spacial score (nSPS) is 21.3. The average Bonchev–Trinajstić information content (AvgIpc) is 2.68. The summed E-state index contributed by atoms with van der Waals surface area (Å²) in [7, 11) is 3.74. The predicted octanol–water partition coefficient (Wildman–Crippen LogP) is 1.70. The van der Waals surface area contributed by atoms with E-state index in [-0.39, 0.29) is 12.3 Å². The minimum absolute atomic E-state index is 0.0676. The predicted molar refractivity (Wildman–Crippen MR) is 69.3 cm³/mol. The molecule has 0 saturated carbocycles. The molecular weight excluding hydrogens is 216 g/mol. The van der Waals surface area contributed by atoms with E-state index >= 15 is 0 Å². The van der Waals surface area contributed by atoms with Crippen molar-refractivity contribution in [3.8, 4) is 0 Å². The van der Waals surface area contributed by atoms with Crippen molar-refractivity contribution in [2.24, 2.45) is 0 Å². The first-order valence-corrected chi connectivity index (χ1v) is 6.30. The molecule has 0 fully saturated rings. The topological polar surface area (TPSA) is 24.9 Å². The summed E-state index contributed by atoms with van der Waals surface area (Å²) in [5, 5.41) is 0. The summed E-state index contributed by atoms with van der Waals surface area (Å²) in [4.78, 5) is 4.45. The van der Waals surface area contributed by atoms with Crippen LogP contribution in [0.2, 0.25) is 0 Å². The number of hydrogen-bond donors (Lipinski definition) is 0. The summed E-state index contributed by atoms with van der Waals surface area (Å²) in [6.07, 6.45) is 6.74. The van der Waals surface area contributed by atoms with Gasteiger partial charge in [-0.2, -0.15) is 0 Å². The second-order valence-corrected chi connectivity index (χ2v) is 4.37. The summed E-state index contributed by atoms with van der Waals surface area (Å²) in [5.41, 5.74) is 0. The summed E-state index contributed by atoms with van der Waals surface area (Å²) in [5.74, 6) is 0. The molecule has 0 aromatic rings. The van der Waals surface area contributed by atoms with Crippen molar-refractivity contribution in [2.45, 2.75) is 32.0 Å². The molecule has 2 unspecified atom stereocenters. The second-order valence-electron chi connectivity index (χ2n) is 4.37. The van der Waals surface area contributed by atoms with Gasteiger partial charge in [-0.1, -0.05) is 13.3 Å². The SMILES string of the molecule is [CH2]C(OCCOC)C1N(C)C=CN1CCCC. The number of ether oxygens (including phenoxy) is 2. The third kappa shape index (κ3) is 4.21. The molecule has 1 aliphatic rings. The van der Waals surface area contributed by atoms with Crippen LogP contribution in [-0.2, 0) is 9.47 Å². The maximum Gasteiger partial charge on any atom is 0.127 e. The Kier molecular flexibility index (Phi) is 6.37. The Morgan fingerprint density at radius 3 is 2.76 bits per heavy atom. The molecule has 1 aliphatic heterocycles. The fourth-order valence-corrected chi connectivity index (χ4v) is 1.99. The summed E-state index contributed by atoms with van der Waals surface area (Å²) >= 11 is 0.